The van der Waals surface area contributed by atoms with Crippen LogP contribution in [0.2, 0.25) is 0 Å². The van der Waals surface area contributed by atoms with Crippen molar-refractivity contribution in [2.45, 2.75) is 153 Å². The van der Waals surface area contributed by atoms with Gasteiger partial charge in [0.05, 0.1) is 44.0 Å². The number of aliphatic hydroxyl groups excluding tert-OH is 3. The summed E-state index contributed by atoms with van der Waals surface area (Å²) in [4.78, 5) is 65.2. The summed E-state index contributed by atoms with van der Waals surface area (Å²) >= 11 is 0. The second-order valence-electron chi connectivity index (χ2n) is 20.1. The number of hydrogen-bond acceptors (Lipinski definition) is 13. The number of rotatable bonds is 26. The molecule has 3 aliphatic rings. The molecule has 6 rings (SSSR count). The maximum atomic E-state index is 12.9. The van der Waals surface area contributed by atoms with Crippen LogP contribution in [-0.4, -0.2) is 140 Å². The van der Waals surface area contributed by atoms with E-state index in [-0.39, 0.29) is 55.7 Å². The number of anilines is 1. The van der Waals surface area contributed by atoms with E-state index in [1.54, 1.807) is 13.1 Å². The number of allylic oxidation sites excluding steroid dienone is 4. The molecule has 20 heteroatoms. The van der Waals surface area contributed by atoms with Crippen LogP contribution < -0.4 is 31.9 Å². The Morgan fingerprint density at radius 2 is 1.53 bits per heavy atom. The van der Waals surface area contributed by atoms with Gasteiger partial charge >= 0.3 is 0 Å². The Morgan fingerprint density at radius 1 is 0.836 bits per heavy atom. The van der Waals surface area contributed by atoms with Crippen molar-refractivity contribution in [3.63, 3.8) is 0 Å². The third-order valence-corrected chi connectivity index (χ3v) is 13.9. The van der Waals surface area contributed by atoms with Gasteiger partial charge in [-0.3, -0.25) is 24.0 Å². The molecule has 5 amide bonds. The topological polar surface area (TPSA) is 276 Å². The Hall–Kier alpha value is -6.32. The Labute approximate surface area is 427 Å². The van der Waals surface area contributed by atoms with E-state index in [1.807, 2.05) is 0 Å². The van der Waals surface area contributed by atoms with E-state index in [4.69, 9.17) is 15.2 Å². The molecule has 3 aromatic rings. The molecule has 0 spiro atoms. The van der Waals surface area contributed by atoms with E-state index < -0.39 is 66.9 Å². The van der Waals surface area contributed by atoms with Crippen LogP contribution in [0.25, 0.3) is 0 Å². The minimum atomic E-state index is -1.43. The molecule has 20 nitrogen and oxygen atoms in total. The summed E-state index contributed by atoms with van der Waals surface area (Å²) in [6.07, 6.45) is 5.98. The third kappa shape index (κ3) is 14.5. The summed E-state index contributed by atoms with van der Waals surface area (Å²) in [5.74, 6) is -2.25. The molecular formula is C53H75N10O10+. The van der Waals surface area contributed by atoms with Crippen molar-refractivity contribution in [2.75, 3.05) is 38.2 Å². The number of amides is 5. The standard InChI is InChI=1S/C53H74N10O10/c1-34-47(68)48(69)49(70)51(73-34)72-30-29-62-33-35(59-60-62)31-56-45(66)26-25-38(50(71)57-32-43(54)64)58-46(67)24-8-7-14-27-55-44(65)23-13-15-28-63-40-20-12-10-18-37(40)53(4,5)42(63)22-16-21-41-52(2,3)36-17-9-11-19-39(36)61(41)6/h9-12,16-22,33-34,38,47-49,51,68-70H,7-8,13-15,23-32H2,1-6H3,(H5-,54,55,56,57,58,64,65,66,67,71)/p+1/t34-,38?,47+,48+,49-,51+/m0/s1. The van der Waals surface area contributed by atoms with Gasteiger partial charge in [0.15, 0.2) is 12.0 Å². The Morgan fingerprint density at radius 3 is 2.29 bits per heavy atom. The lowest BCUT2D eigenvalue weighted by Crippen LogP contribution is -2.57. The van der Waals surface area contributed by atoms with Crippen LogP contribution >= 0.6 is 0 Å². The first kappa shape index (κ1) is 56.0. The summed E-state index contributed by atoms with van der Waals surface area (Å²) in [6, 6.07) is 16.0. The van der Waals surface area contributed by atoms with Crippen LogP contribution in [0.1, 0.15) is 109 Å². The summed E-state index contributed by atoms with van der Waals surface area (Å²) < 4.78 is 14.7. The third-order valence-electron chi connectivity index (χ3n) is 13.9. The van der Waals surface area contributed by atoms with E-state index in [2.05, 4.69) is 143 Å². The predicted octanol–water partition coefficient (Wildman–Crippen LogP) is 2.40. The Kier molecular flexibility index (Phi) is 19.6. The molecule has 6 atom stereocenters. The van der Waals surface area contributed by atoms with Crippen molar-refractivity contribution in [1.82, 2.24) is 36.3 Å². The highest BCUT2D eigenvalue weighted by Crippen LogP contribution is 2.48. The van der Waals surface area contributed by atoms with E-state index in [9.17, 15) is 39.3 Å². The minimum Gasteiger partial charge on any atom is -0.388 e. The molecular weight excluding hydrogens is 937 g/mol. The molecule has 1 fully saturated rings. The van der Waals surface area contributed by atoms with E-state index in [1.165, 1.54) is 38.6 Å². The number of para-hydroxylation sites is 2. The molecule has 396 valence electrons. The number of nitrogens with two attached hydrogens (primary N) is 1. The lowest BCUT2D eigenvalue weighted by Gasteiger charge is -2.38. The molecule has 1 unspecified atom stereocenters. The molecule has 0 saturated carbocycles. The van der Waals surface area contributed by atoms with Crippen molar-refractivity contribution in [3.05, 3.63) is 95.5 Å². The molecule has 0 radical (unpaired) electrons. The van der Waals surface area contributed by atoms with Gasteiger partial charge in [0.25, 0.3) is 0 Å². The van der Waals surface area contributed by atoms with Crippen LogP contribution in [-0.2, 0) is 57.4 Å². The quantitative estimate of drug-likeness (QED) is 0.0425. The van der Waals surface area contributed by atoms with Gasteiger partial charge in [0, 0.05) is 66.9 Å². The van der Waals surface area contributed by atoms with Gasteiger partial charge in [-0.1, -0.05) is 68.0 Å². The molecule has 73 heavy (non-hydrogen) atoms. The number of ether oxygens (including phenoxy) is 2. The summed E-state index contributed by atoms with van der Waals surface area (Å²) in [5, 5.41) is 48.7. The first-order chi connectivity index (χ1) is 34.8. The second-order valence-corrected chi connectivity index (χ2v) is 20.1. The number of fused-ring (bicyclic) bond motifs is 2. The number of benzene rings is 2. The van der Waals surface area contributed by atoms with E-state index >= 15 is 0 Å². The highest BCUT2D eigenvalue weighted by molar-refractivity contribution is 6.03. The molecule has 1 aromatic heterocycles. The Bertz CT molecular complexity index is 2520. The zero-order chi connectivity index (χ0) is 52.9. The Balaban J connectivity index is 0.872. The maximum absolute atomic E-state index is 12.9. The molecule has 2 aromatic carbocycles. The predicted molar refractivity (Wildman–Crippen MR) is 273 cm³/mol. The number of aromatic nitrogens is 3. The molecule has 0 aliphatic carbocycles. The monoisotopic (exact) mass is 1010 g/mol. The second kappa shape index (κ2) is 25.6. The smallest absolute Gasteiger partial charge is 0.243 e. The molecule has 0 bridgehead atoms. The zero-order valence-corrected chi connectivity index (χ0v) is 43.0. The molecule has 3 aliphatic heterocycles. The van der Waals surface area contributed by atoms with Gasteiger partial charge in [-0.15, -0.1) is 5.10 Å². The number of aliphatic hydroxyl groups is 3. The number of nitrogens with zero attached hydrogens (tertiary/aromatic N) is 5. The number of carbonyl (C=O) groups is 5. The average molecular weight is 1010 g/mol. The number of carbonyl (C=O) groups excluding carboxylic acids is 5. The highest BCUT2D eigenvalue weighted by Gasteiger charge is 2.44. The first-order valence-electron chi connectivity index (χ1n) is 25.3. The maximum Gasteiger partial charge on any atom is 0.243 e. The fraction of sp³-hybridized carbons (Fsp3) is 0.547. The number of nitrogens with one attached hydrogen (secondary N) is 4. The molecule has 1 saturated heterocycles. The molecule has 9 N–H and O–H groups in total. The SMILES string of the molecule is C[C@@H]1O[C@@H](OCCn2cc(CNC(=O)CCC(NC(=O)CCCCCNC(=O)CCCCN3/C(=C\C=C\C4=[N+](C)c5ccccc5C4(C)C)C(C)(C)c4ccccc43)C(=O)NCC(N)=O)nn2)[C@@H](O)[C@H](O)[C@@H]1O. The summed E-state index contributed by atoms with van der Waals surface area (Å²) in [7, 11) is 2.13. The van der Waals surface area contributed by atoms with Crippen LogP contribution in [0.4, 0.5) is 11.4 Å². The molecule has 4 heterocycles. The minimum absolute atomic E-state index is 0.0192. The van der Waals surface area contributed by atoms with Crippen molar-refractivity contribution >= 4 is 46.6 Å². The lowest BCUT2D eigenvalue weighted by atomic mass is 9.81. The largest absolute Gasteiger partial charge is 0.388 e. The summed E-state index contributed by atoms with van der Waals surface area (Å²) in [5.41, 5.74) is 12.8. The van der Waals surface area contributed by atoms with Gasteiger partial charge in [-0.05, 0) is 70.6 Å². The van der Waals surface area contributed by atoms with E-state index in [0.717, 1.165) is 19.4 Å². The van der Waals surface area contributed by atoms with Crippen LogP contribution in [0, 0.1) is 0 Å². The van der Waals surface area contributed by atoms with Crippen LogP contribution in [0.5, 0.6) is 0 Å². The fourth-order valence-corrected chi connectivity index (χ4v) is 9.70. The first-order valence-corrected chi connectivity index (χ1v) is 25.3. The van der Waals surface area contributed by atoms with Gasteiger partial charge < -0.3 is 56.7 Å². The number of unbranched alkanes of at least 4 members (excludes halogenated alkanes) is 3. The normalized spacial score (nSPS) is 21.7. The highest BCUT2D eigenvalue weighted by atomic mass is 16.7. The number of hydrogen-bond donors (Lipinski definition) is 8. The zero-order valence-electron chi connectivity index (χ0n) is 43.0. The van der Waals surface area contributed by atoms with Crippen LogP contribution in [0.3, 0.4) is 0 Å². The van der Waals surface area contributed by atoms with Crippen molar-refractivity contribution in [3.8, 4) is 0 Å². The number of primary amides is 1. The van der Waals surface area contributed by atoms with Gasteiger partial charge in [0.1, 0.15) is 37.1 Å². The summed E-state index contributed by atoms with van der Waals surface area (Å²) in [6.45, 7) is 11.7. The van der Waals surface area contributed by atoms with E-state index in [0.29, 0.717) is 37.9 Å². The van der Waals surface area contributed by atoms with Gasteiger partial charge in [-0.25, -0.2) is 4.68 Å². The van der Waals surface area contributed by atoms with Crippen molar-refractivity contribution in [2.24, 2.45) is 5.73 Å². The lowest BCUT2D eigenvalue weighted by molar-refractivity contribution is -0.401. The van der Waals surface area contributed by atoms with Crippen molar-refractivity contribution < 1.29 is 53.3 Å². The average Bonchev–Trinajstić information content (AvgIpc) is 3.97. The van der Waals surface area contributed by atoms with Crippen molar-refractivity contribution in [1.29, 1.82) is 0 Å². The van der Waals surface area contributed by atoms with Gasteiger partial charge in [-0.2, -0.15) is 4.58 Å². The fourth-order valence-electron chi connectivity index (χ4n) is 9.70. The van der Waals surface area contributed by atoms with Crippen LogP contribution in [0.15, 0.2) is 78.7 Å². The van der Waals surface area contributed by atoms with Gasteiger partial charge in [0.2, 0.25) is 35.2 Å².